The van der Waals surface area contributed by atoms with Crippen LogP contribution >= 0.6 is 0 Å². The first kappa shape index (κ1) is 17.0. The van der Waals surface area contributed by atoms with Gasteiger partial charge in [0.25, 0.3) is 0 Å². The summed E-state index contributed by atoms with van der Waals surface area (Å²) in [6.07, 6.45) is 2.08. The Kier molecular flexibility index (Phi) is 7.29. The molecule has 0 bridgehead atoms. The minimum Gasteiger partial charge on any atom is -0.462 e. The predicted molar refractivity (Wildman–Crippen MR) is 83.4 cm³/mol. The van der Waals surface area contributed by atoms with Gasteiger partial charge in [-0.2, -0.15) is 0 Å². The molecular weight excluding hydrogens is 268 g/mol. The zero-order chi connectivity index (χ0) is 15.7. The van der Waals surface area contributed by atoms with Gasteiger partial charge in [0.05, 0.1) is 18.7 Å². The van der Waals surface area contributed by atoms with Crippen LogP contribution in [0.5, 0.6) is 0 Å². The van der Waals surface area contributed by atoms with Gasteiger partial charge in [0.2, 0.25) is 5.91 Å². The summed E-state index contributed by atoms with van der Waals surface area (Å²) < 4.78 is 4.91. The Morgan fingerprint density at radius 1 is 1.19 bits per heavy atom. The molecule has 0 aliphatic heterocycles. The van der Waals surface area contributed by atoms with Crippen LogP contribution in [0.15, 0.2) is 24.3 Å². The number of amides is 1. The van der Waals surface area contributed by atoms with Gasteiger partial charge in [-0.15, -0.1) is 0 Å². The Hall–Kier alpha value is -2.04. The van der Waals surface area contributed by atoms with Crippen LogP contribution in [-0.4, -0.2) is 43.5 Å². The molecule has 21 heavy (non-hydrogen) atoms. The second-order valence-corrected chi connectivity index (χ2v) is 4.82. The van der Waals surface area contributed by atoms with Crippen LogP contribution in [0.2, 0.25) is 0 Å². The highest BCUT2D eigenvalue weighted by Crippen LogP contribution is 2.10. The van der Waals surface area contributed by atoms with E-state index in [0.717, 1.165) is 25.1 Å². The van der Waals surface area contributed by atoms with Crippen molar-refractivity contribution >= 4 is 17.6 Å². The second kappa shape index (κ2) is 9.00. The van der Waals surface area contributed by atoms with Gasteiger partial charge in [-0.05, 0) is 37.6 Å². The number of carbonyl (C=O) groups excluding carboxylic acids is 2. The maximum atomic E-state index is 11.9. The molecule has 0 unspecified atom stereocenters. The van der Waals surface area contributed by atoms with Crippen molar-refractivity contribution < 1.29 is 14.3 Å². The molecule has 0 aromatic heterocycles. The molecule has 1 aromatic rings. The van der Waals surface area contributed by atoms with Crippen LogP contribution in [0.3, 0.4) is 0 Å². The fraction of sp³-hybridized carbons (Fsp3) is 0.500. The third-order valence-corrected chi connectivity index (χ3v) is 3.11. The number of hydrogen-bond acceptors (Lipinski definition) is 4. The third-order valence-electron chi connectivity index (χ3n) is 3.11. The first-order chi connectivity index (χ1) is 10.1. The molecule has 0 atom stereocenters. The van der Waals surface area contributed by atoms with E-state index in [1.165, 1.54) is 0 Å². The number of hydrogen-bond donors (Lipinski definition) is 1. The van der Waals surface area contributed by atoms with E-state index in [-0.39, 0.29) is 18.4 Å². The average molecular weight is 292 g/mol. The summed E-state index contributed by atoms with van der Waals surface area (Å²) in [6, 6.07) is 6.91. The Morgan fingerprint density at radius 2 is 1.86 bits per heavy atom. The Balaban J connectivity index is 2.45. The van der Waals surface area contributed by atoms with Gasteiger partial charge in [-0.1, -0.05) is 13.3 Å². The van der Waals surface area contributed by atoms with Gasteiger partial charge in [0.1, 0.15) is 0 Å². The molecule has 0 fully saturated rings. The number of nitrogens with zero attached hydrogens (tertiary/aromatic N) is 1. The molecule has 0 spiro atoms. The summed E-state index contributed by atoms with van der Waals surface area (Å²) in [5.74, 6) is -0.280. The lowest BCUT2D eigenvalue weighted by molar-refractivity contribution is -0.128. The summed E-state index contributed by atoms with van der Waals surface area (Å²) >= 11 is 0. The highest BCUT2D eigenvalue weighted by atomic mass is 16.5. The van der Waals surface area contributed by atoms with Crippen molar-refractivity contribution in [2.75, 3.05) is 32.1 Å². The van der Waals surface area contributed by atoms with E-state index >= 15 is 0 Å². The van der Waals surface area contributed by atoms with Crippen molar-refractivity contribution in [1.29, 1.82) is 0 Å². The standard InChI is InChI=1S/C16H24N2O3/c1-4-6-11-18(3)15(19)12-17-14-9-7-13(8-10-14)16(20)21-5-2/h7-10,17H,4-6,11-12H2,1-3H3. The topological polar surface area (TPSA) is 58.6 Å². The van der Waals surface area contributed by atoms with Crippen LogP contribution in [-0.2, 0) is 9.53 Å². The van der Waals surface area contributed by atoms with E-state index in [1.54, 1.807) is 36.1 Å². The fourth-order valence-electron chi connectivity index (χ4n) is 1.77. The number of nitrogens with one attached hydrogen (secondary N) is 1. The van der Waals surface area contributed by atoms with Crippen LogP contribution in [0.1, 0.15) is 37.0 Å². The largest absolute Gasteiger partial charge is 0.462 e. The van der Waals surface area contributed by atoms with Gasteiger partial charge in [-0.25, -0.2) is 4.79 Å². The molecule has 116 valence electrons. The SMILES string of the molecule is CCCCN(C)C(=O)CNc1ccc(C(=O)OCC)cc1. The monoisotopic (exact) mass is 292 g/mol. The van der Waals surface area contributed by atoms with Gasteiger partial charge in [0, 0.05) is 19.3 Å². The van der Waals surface area contributed by atoms with E-state index in [1.807, 2.05) is 7.05 Å². The van der Waals surface area contributed by atoms with E-state index in [9.17, 15) is 9.59 Å². The van der Waals surface area contributed by atoms with Crippen LogP contribution in [0.25, 0.3) is 0 Å². The number of anilines is 1. The first-order valence-electron chi connectivity index (χ1n) is 7.33. The highest BCUT2D eigenvalue weighted by molar-refractivity contribution is 5.90. The Bertz CT molecular complexity index is 457. The zero-order valence-electron chi connectivity index (χ0n) is 13.0. The van der Waals surface area contributed by atoms with Gasteiger partial charge < -0.3 is 15.0 Å². The smallest absolute Gasteiger partial charge is 0.338 e. The molecule has 0 aliphatic rings. The normalized spacial score (nSPS) is 10.0. The van der Waals surface area contributed by atoms with Crippen molar-refractivity contribution in [3.8, 4) is 0 Å². The van der Waals surface area contributed by atoms with E-state index < -0.39 is 0 Å². The van der Waals surface area contributed by atoms with Crippen molar-refractivity contribution in [2.24, 2.45) is 0 Å². The van der Waals surface area contributed by atoms with Crippen molar-refractivity contribution in [1.82, 2.24) is 4.90 Å². The van der Waals surface area contributed by atoms with Crippen molar-refractivity contribution in [2.45, 2.75) is 26.7 Å². The summed E-state index contributed by atoms with van der Waals surface area (Å²) in [6.45, 7) is 5.26. The summed E-state index contributed by atoms with van der Waals surface area (Å²) in [7, 11) is 1.81. The molecular formula is C16H24N2O3. The third kappa shape index (κ3) is 5.85. The number of ether oxygens (including phenoxy) is 1. The molecule has 0 aliphatic carbocycles. The van der Waals surface area contributed by atoms with Crippen molar-refractivity contribution in [3.05, 3.63) is 29.8 Å². The highest BCUT2D eigenvalue weighted by Gasteiger charge is 2.08. The van der Waals surface area contributed by atoms with E-state index in [4.69, 9.17) is 4.74 Å². The molecule has 0 heterocycles. The maximum absolute atomic E-state index is 11.9. The molecule has 5 nitrogen and oxygen atoms in total. The van der Waals surface area contributed by atoms with Crippen LogP contribution in [0.4, 0.5) is 5.69 Å². The summed E-state index contributed by atoms with van der Waals surface area (Å²) in [5, 5.41) is 3.06. The molecule has 1 N–H and O–H groups in total. The number of esters is 1. The molecule has 1 rings (SSSR count). The Morgan fingerprint density at radius 3 is 2.43 bits per heavy atom. The lowest BCUT2D eigenvalue weighted by atomic mass is 10.2. The van der Waals surface area contributed by atoms with Gasteiger partial charge >= 0.3 is 5.97 Å². The average Bonchev–Trinajstić information content (AvgIpc) is 2.50. The Labute approximate surface area is 126 Å². The molecule has 5 heteroatoms. The lowest BCUT2D eigenvalue weighted by Gasteiger charge is -2.17. The first-order valence-corrected chi connectivity index (χ1v) is 7.33. The van der Waals surface area contributed by atoms with Crippen molar-refractivity contribution in [3.63, 3.8) is 0 Å². The molecule has 0 radical (unpaired) electrons. The zero-order valence-corrected chi connectivity index (χ0v) is 13.0. The maximum Gasteiger partial charge on any atom is 0.338 e. The minimum absolute atomic E-state index is 0.0536. The molecule has 0 saturated heterocycles. The summed E-state index contributed by atoms with van der Waals surface area (Å²) in [5.41, 5.74) is 1.31. The quantitative estimate of drug-likeness (QED) is 0.748. The van der Waals surface area contributed by atoms with Gasteiger partial charge in [-0.3, -0.25) is 4.79 Å². The molecule has 1 aromatic carbocycles. The summed E-state index contributed by atoms with van der Waals surface area (Å²) in [4.78, 5) is 25.1. The number of carbonyl (C=O) groups is 2. The number of rotatable bonds is 8. The van der Waals surface area contributed by atoms with Crippen LogP contribution < -0.4 is 5.32 Å². The van der Waals surface area contributed by atoms with Gasteiger partial charge in [0.15, 0.2) is 0 Å². The van der Waals surface area contributed by atoms with Crippen LogP contribution in [0, 0.1) is 0 Å². The number of benzene rings is 1. The fourth-order valence-corrected chi connectivity index (χ4v) is 1.77. The van der Waals surface area contributed by atoms with E-state index in [0.29, 0.717) is 12.2 Å². The molecule has 0 saturated carbocycles. The predicted octanol–water partition coefficient (Wildman–Crippen LogP) is 2.53. The minimum atomic E-state index is -0.334. The number of likely N-dealkylation sites (N-methyl/N-ethyl adjacent to an activating group) is 1. The lowest BCUT2D eigenvalue weighted by Crippen LogP contribution is -2.32. The van der Waals surface area contributed by atoms with E-state index in [2.05, 4.69) is 12.2 Å². The molecule has 1 amide bonds. The second-order valence-electron chi connectivity index (χ2n) is 4.82. The number of unbranched alkanes of at least 4 members (excludes halogenated alkanes) is 1.